The molecule has 0 radical (unpaired) electrons. The molecular formula is C18H22BrN3OS. The number of nitrogens with one attached hydrogen (secondary N) is 1. The highest BCUT2D eigenvalue weighted by molar-refractivity contribution is 9.10. The second kappa shape index (κ2) is 7.76. The van der Waals surface area contributed by atoms with Crippen LogP contribution in [0.3, 0.4) is 0 Å². The molecule has 0 spiro atoms. The summed E-state index contributed by atoms with van der Waals surface area (Å²) >= 11 is 5.16. The average molecular weight is 408 g/mol. The molecule has 1 saturated heterocycles. The molecule has 2 aromatic rings. The van der Waals surface area contributed by atoms with E-state index in [4.69, 9.17) is 0 Å². The van der Waals surface area contributed by atoms with Gasteiger partial charge in [0.15, 0.2) is 0 Å². The van der Waals surface area contributed by atoms with Crippen molar-refractivity contribution in [3.8, 4) is 0 Å². The van der Waals surface area contributed by atoms with Gasteiger partial charge in [-0.2, -0.15) is 0 Å². The Hall–Kier alpha value is -1.24. The lowest BCUT2D eigenvalue weighted by Gasteiger charge is -2.30. The Bertz CT molecular complexity index is 723. The second-order valence-corrected chi connectivity index (χ2v) is 8.33. The molecule has 0 bridgehead atoms. The van der Waals surface area contributed by atoms with Crippen molar-refractivity contribution in [1.29, 1.82) is 0 Å². The first-order valence-corrected chi connectivity index (χ1v) is 9.89. The van der Waals surface area contributed by atoms with Crippen LogP contribution >= 0.6 is 27.3 Å². The van der Waals surface area contributed by atoms with Gasteiger partial charge in [-0.05, 0) is 57.5 Å². The number of aromatic nitrogens is 1. The summed E-state index contributed by atoms with van der Waals surface area (Å²) in [5, 5.41) is 6.33. The van der Waals surface area contributed by atoms with Gasteiger partial charge < -0.3 is 5.32 Å². The lowest BCUT2D eigenvalue weighted by atomic mass is 9.95. The normalized spacial score (nSPS) is 16.3. The van der Waals surface area contributed by atoms with Crippen LogP contribution in [-0.2, 0) is 11.3 Å². The van der Waals surface area contributed by atoms with Gasteiger partial charge in [-0.25, -0.2) is 4.98 Å². The number of amides is 1. The smallest absolute Gasteiger partial charge is 0.227 e. The maximum absolute atomic E-state index is 12.5. The maximum atomic E-state index is 12.5. The number of thiazole rings is 1. The summed E-state index contributed by atoms with van der Waals surface area (Å²) in [6.07, 6.45) is 1.81. The van der Waals surface area contributed by atoms with Crippen molar-refractivity contribution in [1.82, 2.24) is 9.88 Å². The SMILES string of the molecule is Cc1nc(CN2CCC(C(=O)Nc3cc(Br)ccc3C)CC2)cs1. The number of aryl methyl sites for hydroxylation is 2. The van der Waals surface area contributed by atoms with E-state index in [9.17, 15) is 4.79 Å². The number of hydrogen-bond acceptors (Lipinski definition) is 4. The Morgan fingerprint density at radius 2 is 2.12 bits per heavy atom. The molecule has 2 heterocycles. The third-order valence-corrected chi connectivity index (χ3v) is 5.78. The minimum atomic E-state index is 0.0943. The standard InChI is InChI=1S/C18H22BrN3OS/c1-12-3-4-15(19)9-17(12)21-18(23)14-5-7-22(8-6-14)10-16-11-24-13(2)20-16/h3-4,9,11,14H,5-8,10H2,1-2H3,(H,21,23). The molecule has 3 rings (SSSR count). The van der Waals surface area contributed by atoms with E-state index in [1.165, 1.54) is 0 Å². The number of benzene rings is 1. The molecule has 1 aromatic carbocycles. The summed E-state index contributed by atoms with van der Waals surface area (Å²) in [5.41, 5.74) is 3.13. The Labute approximate surface area is 155 Å². The minimum absolute atomic E-state index is 0.0943. The highest BCUT2D eigenvalue weighted by Crippen LogP contribution is 2.24. The van der Waals surface area contributed by atoms with E-state index < -0.39 is 0 Å². The molecule has 4 nitrogen and oxygen atoms in total. The van der Waals surface area contributed by atoms with Crippen LogP contribution in [0.4, 0.5) is 5.69 Å². The quantitative estimate of drug-likeness (QED) is 0.817. The first kappa shape index (κ1) is 17.6. The third-order valence-electron chi connectivity index (χ3n) is 4.47. The maximum Gasteiger partial charge on any atom is 0.227 e. The Balaban J connectivity index is 1.52. The van der Waals surface area contributed by atoms with Crippen molar-refractivity contribution in [3.63, 3.8) is 0 Å². The van der Waals surface area contributed by atoms with Crippen molar-refractivity contribution in [2.24, 2.45) is 5.92 Å². The van der Waals surface area contributed by atoms with Crippen LogP contribution in [0.15, 0.2) is 28.1 Å². The van der Waals surface area contributed by atoms with Crippen LogP contribution < -0.4 is 5.32 Å². The van der Waals surface area contributed by atoms with Gasteiger partial charge in [-0.1, -0.05) is 22.0 Å². The highest BCUT2D eigenvalue weighted by Gasteiger charge is 2.25. The van der Waals surface area contributed by atoms with E-state index >= 15 is 0 Å². The monoisotopic (exact) mass is 407 g/mol. The average Bonchev–Trinajstić information content (AvgIpc) is 2.96. The summed E-state index contributed by atoms with van der Waals surface area (Å²) in [6.45, 7) is 6.84. The Morgan fingerprint density at radius 3 is 2.79 bits per heavy atom. The molecule has 0 unspecified atom stereocenters. The molecule has 1 amide bonds. The predicted octanol–water partition coefficient (Wildman–Crippen LogP) is 4.37. The summed E-state index contributed by atoms with van der Waals surface area (Å²) in [5.74, 6) is 0.233. The number of piperidine rings is 1. The van der Waals surface area contributed by atoms with Crippen molar-refractivity contribution in [3.05, 3.63) is 44.3 Å². The van der Waals surface area contributed by atoms with Crippen LogP contribution in [0, 0.1) is 19.8 Å². The molecule has 6 heteroatoms. The Morgan fingerprint density at radius 1 is 1.38 bits per heavy atom. The van der Waals surface area contributed by atoms with Crippen LogP contribution in [-0.4, -0.2) is 28.9 Å². The number of carbonyl (C=O) groups excluding carboxylic acids is 1. The van der Waals surface area contributed by atoms with E-state index in [1.54, 1.807) is 11.3 Å². The van der Waals surface area contributed by atoms with Crippen LogP contribution in [0.2, 0.25) is 0 Å². The highest BCUT2D eigenvalue weighted by atomic mass is 79.9. The molecule has 1 fully saturated rings. The number of nitrogens with zero attached hydrogens (tertiary/aromatic N) is 2. The van der Waals surface area contributed by atoms with Crippen molar-refractivity contribution >= 4 is 38.9 Å². The fraction of sp³-hybridized carbons (Fsp3) is 0.444. The lowest BCUT2D eigenvalue weighted by Crippen LogP contribution is -2.37. The van der Waals surface area contributed by atoms with E-state index in [0.29, 0.717) is 0 Å². The van der Waals surface area contributed by atoms with Gasteiger partial charge in [0.05, 0.1) is 10.7 Å². The second-order valence-electron chi connectivity index (χ2n) is 6.36. The van der Waals surface area contributed by atoms with Crippen LogP contribution in [0.25, 0.3) is 0 Å². The fourth-order valence-electron chi connectivity index (χ4n) is 3.03. The van der Waals surface area contributed by atoms with Gasteiger partial charge in [0, 0.05) is 28.0 Å². The van der Waals surface area contributed by atoms with Crippen LogP contribution in [0.1, 0.15) is 29.1 Å². The molecule has 24 heavy (non-hydrogen) atoms. The number of halogens is 1. The lowest BCUT2D eigenvalue weighted by molar-refractivity contribution is -0.121. The van der Waals surface area contributed by atoms with Crippen LogP contribution in [0.5, 0.6) is 0 Å². The van der Waals surface area contributed by atoms with Crippen molar-refractivity contribution < 1.29 is 4.79 Å². The molecule has 1 aromatic heterocycles. The zero-order valence-corrected chi connectivity index (χ0v) is 16.4. The van der Waals surface area contributed by atoms with Gasteiger partial charge in [-0.15, -0.1) is 11.3 Å². The van der Waals surface area contributed by atoms with E-state index in [1.807, 2.05) is 32.0 Å². The van der Waals surface area contributed by atoms with Crippen molar-refractivity contribution in [2.45, 2.75) is 33.2 Å². The molecule has 1 N–H and O–H groups in total. The van der Waals surface area contributed by atoms with Gasteiger partial charge in [-0.3, -0.25) is 9.69 Å². The summed E-state index contributed by atoms with van der Waals surface area (Å²) in [6, 6.07) is 5.97. The molecule has 1 aliphatic heterocycles. The van der Waals surface area contributed by atoms with Gasteiger partial charge in [0.1, 0.15) is 0 Å². The zero-order chi connectivity index (χ0) is 17.1. The first-order chi connectivity index (χ1) is 11.5. The Kier molecular flexibility index (Phi) is 5.69. The molecule has 0 saturated carbocycles. The summed E-state index contributed by atoms with van der Waals surface area (Å²) < 4.78 is 0.983. The number of hydrogen-bond donors (Lipinski definition) is 1. The number of carbonyl (C=O) groups is 1. The number of rotatable bonds is 4. The zero-order valence-electron chi connectivity index (χ0n) is 14.0. The summed E-state index contributed by atoms with van der Waals surface area (Å²) in [4.78, 5) is 19.5. The predicted molar refractivity (Wildman–Crippen MR) is 102 cm³/mol. The third kappa shape index (κ3) is 4.43. The van der Waals surface area contributed by atoms with E-state index in [0.717, 1.165) is 58.9 Å². The minimum Gasteiger partial charge on any atom is -0.326 e. The first-order valence-electron chi connectivity index (χ1n) is 8.21. The molecule has 128 valence electrons. The molecular weight excluding hydrogens is 386 g/mol. The fourth-order valence-corrected chi connectivity index (χ4v) is 3.99. The largest absolute Gasteiger partial charge is 0.326 e. The topological polar surface area (TPSA) is 45.2 Å². The molecule has 0 atom stereocenters. The van der Waals surface area contributed by atoms with E-state index in [-0.39, 0.29) is 11.8 Å². The van der Waals surface area contributed by atoms with Gasteiger partial charge >= 0.3 is 0 Å². The number of anilines is 1. The van der Waals surface area contributed by atoms with E-state index in [2.05, 4.69) is 36.5 Å². The van der Waals surface area contributed by atoms with Crippen molar-refractivity contribution in [2.75, 3.05) is 18.4 Å². The van der Waals surface area contributed by atoms with Gasteiger partial charge in [0.2, 0.25) is 5.91 Å². The molecule has 0 aliphatic carbocycles. The summed E-state index contributed by atoms with van der Waals surface area (Å²) in [7, 11) is 0. The number of likely N-dealkylation sites (tertiary alicyclic amines) is 1. The van der Waals surface area contributed by atoms with Gasteiger partial charge in [0.25, 0.3) is 0 Å². The molecule has 1 aliphatic rings.